The molecule has 0 saturated carbocycles. The Morgan fingerprint density at radius 1 is 1.00 bits per heavy atom. The molecular weight excluding hydrogens is 216 g/mol. The first-order valence-corrected chi connectivity index (χ1v) is 7.61. The summed E-state index contributed by atoms with van der Waals surface area (Å²) in [5, 5.41) is 0. The highest BCUT2D eigenvalue weighted by atomic mass is 14.2. The maximum atomic E-state index is 4.22. The Balaban J connectivity index is 2.59. The minimum Gasteiger partial charge on any atom is -0.0956 e. The van der Waals surface area contributed by atoms with Crippen molar-refractivity contribution in [1.82, 2.24) is 0 Å². The Bertz CT molecular complexity index is 295. The average Bonchev–Trinajstić information content (AvgIpc) is 2.35. The van der Waals surface area contributed by atoms with E-state index >= 15 is 0 Å². The predicted octanol–water partition coefficient (Wildman–Crippen LogP) is 5.92. The van der Waals surface area contributed by atoms with E-state index in [4.69, 9.17) is 0 Å². The summed E-state index contributed by atoms with van der Waals surface area (Å²) in [5.74, 6) is 2.15. The van der Waals surface area contributed by atoms with Crippen LogP contribution in [0.5, 0.6) is 0 Å². The van der Waals surface area contributed by atoms with E-state index in [1.54, 1.807) is 0 Å². The van der Waals surface area contributed by atoms with Crippen molar-refractivity contribution in [2.24, 2.45) is 17.8 Å². The lowest BCUT2D eigenvalue weighted by Gasteiger charge is -2.19. The van der Waals surface area contributed by atoms with Crippen molar-refractivity contribution in [3.8, 4) is 0 Å². The standard InChI is InChI=1S/C18H30/c1-15-11-7-5-9-13-16(2)18(4)17(3)14-10-6-8-12-15/h6,9-10,13,15,17-18H,2,5,7-8,11-12,14H2,1,3-4H3/b10-6-,13-9-. The summed E-state index contributed by atoms with van der Waals surface area (Å²) >= 11 is 0. The summed E-state index contributed by atoms with van der Waals surface area (Å²) in [7, 11) is 0. The molecule has 0 aromatic carbocycles. The quantitative estimate of drug-likeness (QED) is 0.466. The molecule has 1 aliphatic carbocycles. The van der Waals surface area contributed by atoms with Gasteiger partial charge >= 0.3 is 0 Å². The second kappa shape index (κ2) is 8.34. The molecule has 3 atom stereocenters. The fraction of sp³-hybridized carbons (Fsp3) is 0.667. The van der Waals surface area contributed by atoms with Gasteiger partial charge in [-0.1, -0.05) is 63.6 Å². The zero-order chi connectivity index (χ0) is 13.4. The lowest BCUT2D eigenvalue weighted by molar-refractivity contribution is 0.449. The largest absolute Gasteiger partial charge is 0.0956 e. The third-order valence-electron chi connectivity index (χ3n) is 4.34. The fourth-order valence-electron chi connectivity index (χ4n) is 2.49. The normalized spacial score (nSPS) is 35.7. The lowest BCUT2D eigenvalue weighted by atomic mass is 9.86. The third kappa shape index (κ3) is 5.71. The van der Waals surface area contributed by atoms with E-state index in [1.165, 1.54) is 44.1 Å². The van der Waals surface area contributed by atoms with Crippen molar-refractivity contribution < 1.29 is 0 Å². The molecule has 0 bridgehead atoms. The van der Waals surface area contributed by atoms with Gasteiger partial charge in [-0.15, -0.1) is 0 Å². The van der Waals surface area contributed by atoms with Gasteiger partial charge in [0.1, 0.15) is 0 Å². The van der Waals surface area contributed by atoms with Gasteiger partial charge in [-0.3, -0.25) is 0 Å². The summed E-state index contributed by atoms with van der Waals surface area (Å²) in [6.07, 6.45) is 17.0. The van der Waals surface area contributed by atoms with Gasteiger partial charge in [0.05, 0.1) is 0 Å². The first kappa shape index (κ1) is 15.3. The first-order chi connectivity index (χ1) is 8.61. The molecule has 0 heteroatoms. The maximum absolute atomic E-state index is 4.22. The lowest BCUT2D eigenvalue weighted by Crippen LogP contribution is -2.08. The Morgan fingerprint density at radius 2 is 1.78 bits per heavy atom. The molecule has 0 nitrogen and oxygen atoms in total. The molecule has 102 valence electrons. The van der Waals surface area contributed by atoms with Crippen LogP contribution in [0.2, 0.25) is 0 Å². The highest BCUT2D eigenvalue weighted by Crippen LogP contribution is 2.24. The molecule has 0 radical (unpaired) electrons. The van der Waals surface area contributed by atoms with Gasteiger partial charge in [0.15, 0.2) is 0 Å². The molecular formula is C18H30. The Labute approximate surface area is 114 Å². The zero-order valence-electron chi connectivity index (χ0n) is 12.5. The van der Waals surface area contributed by atoms with Gasteiger partial charge < -0.3 is 0 Å². The van der Waals surface area contributed by atoms with Crippen molar-refractivity contribution in [1.29, 1.82) is 0 Å². The molecule has 0 aromatic rings. The minimum absolute atomic E-state index is 0.591. The van der Waals surface area contributed by atoms with Crippen LogP contribution in [0, 0.1) is 17.8 Å². The summed E-state index contributed by atoms with van der Waals surface area (Å²) in [6, 6.07) is 0. The molecule has 0 spiro atoms. The predicted molar refractivity (Wildman–Crippen MR) is 82.6 cm³/mol. The van der Waals surface area contributed by atoms with Gasteiger partial charge in [0.25, 0.3) is 0 Å². The van der Waals surface area contributed by atoms with Crippen molar-refractivity contribution in [2.45, 2.75) is 59.3 Å². The average molecular weight is 246 g/mol. The second-order valence-corrected chi connectivity index (χ2v) is 6.06. The fourth-order valence-corrected chi connectivity index (χ4v) is 2.49. The van der Waals surface area contributed by atoms with Crippen LogP contribution < -0.4 is 0 Å². The Hall–Kier alpha value is -0.780. The SMILES string of the molecule is C=C1/C=C\CCCC(C)CC/C=C\CC(C)C1C. The van der Waals surface area contributed by atoms with E-state index in [9.17, 15) is 0 Å². The van der Waals surface area contributed by atoms with Crippen LogP contribution in [-0.2, 0) is 0 Å². The van der Waals surface area contributed by atoms with Gasteiger partial charge in [-0.2, -0.15) is 0 Å². The first-order valence-electron chi connectivity index (χ1n) is 7.61. The van der Waals surface area contributed by atoms with Crippen LogP contribution in [0.1, 0.15) is 59.3 Å². The second-order valence-electron chi connectivity index (χ2n) is 6.06. The molecule has 0 aliphatic heterocycles. The molecule has 18 heavy (non-hydrogen) atoms. The van der Waals surface area contributed by atoms with E-state index in [0.29, 0.717) is 11.8 Å². The molecule has 1 rings (SSSR count). The number of hydrogen-bond donors (Lipinski definition) is 0. The summed E-state index contributed by atoms with van der Waals surface area (Å²) < 4.78 is 0. The summed E-state index contributed by atoms with van der Waals surface area (Å²) in [4.78, 5) is 0. The smallest absolute Gasteiger partial charge is 0.0168 e. The molecule has 3 unspecified atom stereocenters. The molecule has 0 saturated heterocycles. The highest BCUT2D eigenvalue weighted by Gasteiger charge is 2.12. The van der Waals surface area contributed by atoms with E-state index < -0.39 is 0 Å². The van der Waals surface area contributed by atoms with Crippen LogP contribution in [0.25, 0.3) is 0 Å². The van der Waals surface area contributed by atoms with Crippen molar-refractivity contribution in [3.05, 3.63) is 36.5 Å². The van der Waals surface area contributed by atoms with Crippen LogP contribution in [0.15, 0.2) is 36.5 Å². The summed E-state index contributed by atoms with van der Waals surface area (Å²) in [6.45, 7) is 11.2. The van der Waals surface area contributed by atoms with Gasteiger partial charge in [0, 0.05) is 0 Å². The topological polar surface area (TPSA) is 0 Å². The Morgan fingerprint density at radius 3 is 2.56 bits per heavy atom. The van der Waals surface area contributed by atoms with Crippen LogP contribution >= 0.6 is 0 Å². The number of allylic oxidation sites excluding steroid dienone is 5. The van der Waals surface area contributed by atoms with Crippen LogP contribution in [0.3, 0.4) is 0 Å². The monoisotopic (exact) mass is 246 g/mol. The molecule has 0 aromatic heterocycles. The van der Waals surface area contributed by atoms with Crippen molar-refractivity contribution in [2.75, 3.05) is 0 Å². The minimum atomic E-state index is 0.591. The van der Waals surface area contributed by atoms with Crippen LogP contribution in [-0.4, -0.2) is 0 Å². The van der Waals surface area contributed by atoms with E-state index in [-0.39, 0.29) is 0 Å². The van der Waals surface area contributed by atoms with E-state index in [1.807, 2.05) is 0 Å². The molecule has 0 heterocycles. The molecule has 0 amide bonds. The van der Waals surface area contributed by atoms with E-state index in [2.05, 4.69) is 51.7 Å². The van der Waals surface area contributed by atoms with Gasteiger partial charge in [-0.05, 0) is 49.9 Å². The third-order valence-corrected chi connectivity index (χ3v) is 4.34. The summed E-state index contributed by atoms with van der Waals surface area (Å²) in [5.41, 5.74) is 1.29. The molecule has 0 N–H and O–H groups in total. The van der Waals surface area contributed by atoms with Crippen LogP contribution in [0.4, 0.5) is 0 Å². The van der Waals surface area contributed by atoms with E-state index in [0.717, 1.165) is 5.92 Å². The zero-order valence-corrected chi connectivity index (χ0v) is 12.5. The molecule has 0 fully saturated rings. The van der Waals surface area contributed by atoms with Gasteiger partial charge in [0.2, 0.25) is 0 Å². The maximum Gasteiger partial charge on any atom is -0.0168 e. The molecule has 1 aliphatic rings. The number of rotatable bonds is 0. The number of hydrogen-bond acceptors (Lipinski definition) is 0. The Kier molecular flexibility index (Phi) is 7.08. The van der Waals surface area contributed by atoms with Crippen molar-refractivity contribution >= 4 is 0 Å². The van der Waals surface area contributed by atoms with Crippen molar-refractivity contribution in [3.63, 3.8) is 0 Å². The highest BCUT2D eigenvalue weighted by molar-refractivity contribution is 5.18. The van der Waals surface area contributed by atoms with Gasteiger partial charge in [-0.25, -0.2) is 0 Å².